The van der Waals surface area contributed by atoms with Gasteiger partial charge in [0.1, 0.15) is 16.5 Å². The van der Waals surface area contributed by atoms with Gasteiger partial charge in [0.2, 0.25) is 0 Å². The first-order valence-electron chi connectivity index (χ1n) is 8.62. The first-order chi connectivity index (χ1) is 12.7. The van der Waals surface area contributed by atoms with E-state index in [-0.39, 0.29) is 5.91 Å². The highest BCUT2D eigenvalue weighted by atomic mass is 32.1. The third-order valence-electron chi connectivity index (χ3n) is 4.38. The highest BCUT2D eigenvalue weighted by Crippen LogP contribution is 2.23. The van der Waals surface area contributed by atoms with Crippen molar-refractivity contribution in [3.63, 3.8) is 0 Å². The third-order valence-corrected chi connectivity index (χ3v) is 5.27. The lowest BCUT2D eigenvalue weighted by atomic mass is 10.2. The fourth-order valence-corrected chi connectivity index (χ4v) is 3.78. The van der Waals surface area contributed by atoms with Gasteiger partial charge in [0.25, 0.3) is 5.91 Å². The molecule has 1 amide bonds. The molecule has 8 heteroatoms. The second-order valence-corrected chi connectivity index (χ2v) is 7.20. The zero-order chi connectivity index (χ0) is 17.9. The molecular weight excluding hydrogens is 348 g/mol. The summed E-state index contributed by atoms with van der Waals surface area (Å²) in [6, 6.07) is 3.98. The molecule has 26 heavy (non-hydrogen) atoms. The van der Waals surface area contributed by atoms with Crippen LogP contribution < -0.4 is 10.2 Å². The minimum absolute atomic E-state index is 0.170. The van der Waals surface area contributed by atoms with Crippen molar-refractivity contribution in [1.29, 1.82) is 0 Å². The molecule has 1 saturated heterocycles. The van der Waals surface area contributed by atoms with E-state index in [2.05, 4.69) is 25.3 Å². The van der Waals surface area contributed by atoms with Gasteiger partial charge in [0, 0.05) is 50.0 Å². The Hall–Kier alpha value is -2.74. The number of aromatic nitrogens is 4. The van der Waals surface area contributed by atoms with Crippen molar-refractivity contribution in [2.75, 3.05) is 18.0 Å². The van der Waals surface area contributed by atoms with Crippen molar-refractivity contribution in [3.8, 4) is 10.6 Å². The summed E-state index contributed by atoms with van der Waals surface area (Å²) in [5.74, 6) is 0.817. The van der Waals surface area contributed by atoms with E-state index in [1.54, 1.807) is 22.5 Å². The molecule has 0 aliphatic carbocycles. The van der Waals surface area contributed by atoms with Crippen molar-refractivity contribution in [2.45, 2.75) is 19.4 Å². The summed E-state index contributed by atoms with van der Waals surface area (Å²) in [5, 5.41) is 9.65. The van der Waals surface area contributed by atoms with Crippen LogP contribution in [0.2, 0.25) is 0 Å². The number of anilines is 1. The Morgan fingerprint density at radius 2 is 2.19 bits per heavy atom. The Labute approximate surface area is 155 Å². The lowest BCUT2D eigenvalue weighted by Gasteiger charge is -2.16. The monoisotopic (exact) mass is 368 g/mol. The number of nitrogens with one attached hydrogen (secondary N) is 1. The van der Waals surface area contributed by atoms with E-state index in [0.29, 0.717) is 12.2 Å². The summed E-state index contributed by atoms with van der Waals surface area (Å²) in [6.45, 7) is 2.57. The van der Waals surface area contributed by atoms with E-state index in [9.17, 15) is 4.79 Å². The summed E-state index contributed by atoms with van der Waals surface area (Å²) >= 11 is 1.44. The Morgan fingerprint density at radius 3 is 2.96 bits per heavy atom. The smallest absolute Gasteiger partial charge is 0.271 e. The molecule has 0 radical (unpaired) electrons. The zero-order valence-electron chi connectivity index (χ0n) is 14.6. The summed E-state index contributed by atoms with van der Waals surface area (Å²) < 4.78 is 1.72. The van der Waals surface area contributed by atoms with Crippen LogP contribution in [0.5, 0.6) is 0 Å². The van der Waals surface area contributed by atoms with Crippen LogP contribution in [0.3, 0.4) is 0 Å². The molecule has 3 aromatic heterocycles. The van der Waals surface area contributed by atoms with Crippen LogP contribution in [0.1, 0.15) is 28.9 Å². The maximum absolute atomic E-state index is 12.4. The van der Waals surface area contributed by atoms with Gasteiger partial charge in [0.05, 0.1) is 6.20 Å². The predicted molar refractivity (Wildman–Crippen MR) is 101 cm³/mol. The molecule has 1 aliphatic rings. The van der Waals surface area contributed by atoms with Crippen LogP contribution in [0, 0.1) is 0 Å². The van der Waals surface area contributed by atoms with Crippen LogP contribution >= 0.6 is 11.3 Å². The quantitative estimate of drug-likeness (QED) is 0.749. The van der Waals surface area contributed by atoms with Gasteiger partial charge in [-0.1, -0.05) is 0 Å². The number of carbonyl (C=O) groups excluding carboxylic acids is 1. The Bertz CT molecular complexity index is 912. The topological polar surface area (TPSA) is 75.9 Å². The van der Waals surface area contributed by atoms with Gasteiger partial charge in [-0.3, -0.25) is 9.48 Å². The number of thiazole rings is 1. The van der Waals surface area contributed by atoms with Crippen molar-refractivity contribution in [2.24, 2.45) is 7.05 Å². The van der Waals surface area contributed by atoms with E-state index >= 15 is 0 Å². The number of rotatable bonds is 5. The number of hydrogen-bond acceptors (Lipinski definition) is 6. The average Bonchev–Trinajstić information content (AvgIpc) is 3.40. The van der Waals surface area contributed by atoms with Crippen molar-refractivity contribution >= 4 is 23.1 Å². The van der Waals surface area contributed by atoms with Crippen molar-refractivity contribution < 1.29 is 4.79 Å². The van der Waals surface area contributed by atoms with Gasteiger partial charge in [-0.05, 0) is 30.5 Å². The molecule has 0 saturated carbocycles. The highest BCUT2D eigenvalue weighted by Gasteiger charge is 2.15. The van der Waals surface area contributed by atoms with E-state index in [1.165, 1.54) is 24.2 Å². The minimum Gasteiger partial charge on any atom is -0.357 e. The molecule has 1 N–H and O–H groups in total. The average molecular weight is 368 g/mol. The zero-order valence-corrected chi connectivity index (χ0v) is 15.4. The highest BCUT2D eigenvalue weighted by molar-refractivity contribution is 7.13. The molecule has 7 nitrogen and oxygen atoms in total. The van der Waals surface area contributed by atoms with Crippen LogP contribution in [0.25, 0.3) is 10.6 Å². The third kappa shape index (κ3) is 3.60. The molecule has 134 valence electrons. The molecule has 0 aromatic carbocycles. The maximum Gasteiger partial charge on any atom is 0.271 e. The Balaban J connectivity index is 1.39. The second-order valence-electron chi connectivity index (χ2n) is 6.34. The van der Waals surface area contributed by atoms with E-state index in [0.717, 1.165) is 35.0 Å². The van der Waals surface area contributed by atoms with E-state index in [1.807, 2.05) is 25.4 Å². The molecule has 3 aromatic rings. The Morgan fingerprint density at radius 1 is 1.35 bits per heavy atom. The van der Waals surface area contributed by atoms with Gasteiger partial charge in [-0.2, -0.15) is 5.10 Å². The summed E-state index contributed by atoms with van der Waals surface area (Å²) in [6.07, 6.45) is 7.87. The van der Waals surface area contributed by atoms with Gasteiger partial charge in [0.15, 0.2) is 0 Å². The molecule has 1 aliphatic heterocycles. The lowest BCUT2D eigenvalue weighted by Crippen LogP contribution is -2.24. The fourth-order valence-electron chi connectivity index (χ4n) is 3.00. The number of aryl methyl sites for hydroxylation is 1. The van der Waals surface area contributed by atoms with Crippen molar-refractivity contribution in [1.82, 2.24) is 25.1 Å². The van der Waals surface area contributed by atoms with E-state index < -0.39 is 0 Å². The van der Waals surface area contributed by atoms with Crippen molar-refractivity contribution in [3.05, 3.63) is 47.4 Å². The van der Waals surface area contributed by atoms with Crippen LogP contribution in [0.15, 0.2) is 36.1 Å². The van der Waals surface area contributed by atoms with Gasteiger partial charge in [-0.25, -0.2) is 9.97 Å². The summed E-state index contributed by atoms with van der Waals surface area (Å²) in [4.78, 5) is 23.5. The van der Waals surface area contributed by atoms with E-state index in [4.69, 9.17) is 0 Å². The second kappa shape index (κ2) is 7.25. The normalized spacial score (nSPS) is 14.0. The number of hydrogen-bond donors (Lipinski definition) is 1. The molecule has 0 atom stereocenters. The van der Waals surface area contributed by atoms with Gasteiger partial charge in [-0.15, -0.1) is 11.3 Å². The minimum atomic E-state index is -0.170. The molecule has 4 heterocycles. The van der Waals surface area contributed by atoms with Crippen LogP contribution in [0.4, 0.5) is 5.82 Å². The van der Waals surface area contributed by atoms with Crippen LogP contribution in [-0.4, -0.2) is 38.7 Å². The maximum atomic E-state index is 12.4. The fraction of sp³-hybridized carbons (Fsp3) is 0.333. The molecule has 0 bridgehead atoms. The van der Waals surface area contributed by atoms with Crippen LogP contribution in [-0.2, 0) is 13.6 Å². The number of nitrogens with zero attached hydrogens (tertiary/aromatic N) is 5. The number of amides is 1. The molecule has 0 unspecified atom stereocenters. The predicted octanol–water partition coefficient (Wildman–Crippen LogP) is 2.47. The Kier molecular flexibility index (Phi) is 4.66. The SMILES string of the molecule is Cn1cc(-c2nc(C(=O)NCc3ccnc(N4CCCC4)c3)cs2)cn1. The van der Waals surface area contributed by atoms with Gasteiger partial charge < -0.3 is 10.2 Å². The standard InChI is InChI=1S/C18H20N6OS/c1-23-11-14(10-21-23)18-22-15(12-26-18)17(25)20-9-13-4-5-19-16(8-13)24-6-2-3-7-24/h4-5,8,10-12H,2-3,6-7,9H2,1H3,(H,20,25). The first kappa shape index (κ1) is 16.7. The largest absolute Gasteiger partial charge is 0.357 e. The lowest BCUT2D eigenvalue weighted by molar-refractivity contribution is 0.0946. The molecule has 0 spiro atoms. The summed E-state index contributed by atoms with van der Waals surface area (Å²) in [7, 11) is 1.86. The number of pyridine rings is 1. The number of carbonyl (C=O) groups is 1. The summed E-state index contributed by atoms with van der Waals surface area (Å²) in [5.41, 5.74) is 2.39. The molecule has 1 fully saturated rings. The van der Waals surface area contributed by atoms with Gasteiger partial charge >= 0.3 is 0 Å². The first-order valence-corrected chi connectivity index (χ1v) is 9.49. The molecular formula is C18H20N6OS. The molecule has 4 rings (SSSR count).